The molecule has 31 heavy (non-hydrogen) atoms. The highest BCUT2D eigenvalue weighted by molar-refractivity contribution is 6.12. The maximum absolute atomic E-state index is 13.5. The van der Waals surface area contributed by atoms with E-state index in [1.165, 1.54) is 0 Å². The van der Waals surface area contributed by atoms with Crippen molar-refractivity contribution in [1.29, 1.82) is 0 Å². The molecule has 1 aliphatic carbocycles. The van der Waals surface area contributed by atoms with Gasteiger partial charge in [-0.05, 0) is 51.5 Å². The first-order valence-corrected chi connectivity index (χ1v) is 11.0. The lowest BCUT2D eigenvalue weighted by molar-refractivity contribution is -0.123. The van der Waals surface area contributed by atoms with Crippen LogP contribution in [0.2, 0.25) is 0 Å². The zero-order valence-electron chi connectivity index (χ0n) is 18.2. The highest BCUT2D eigenvalue weighted by atomic mass is 16.4. The Kier molecular flexibility index (Phi) is 5.75. The number of aliphatic hydroxyl groups excluding tert-OH is 1. The number of amides is 1. The predicted molar refractivity (Wildman–Crippen MR) is 120 cm³/mol. The molecule has 1 amide bonds. The van der Waals surface area contributed by atoms with Crippen LogP contribution in [0.15, 0.2) is 34.7 Å². The largest absolute Gasteiger partial charge is 0.478 e. The number of aliphatic hydroxyl groups is 1. The van der Waals surface area contributed by atoms with Crippen molar-refractivity contribution < 1.29 is 24.2 Å². The lowest BCUT2D eigenvalue weighted by atomic mass is 9.82. The third-order valence-corrected chi connectivity index (χ3v) is 6.48. The number of fused-ring (bicyclic) bond motifs is 3. The number of hydrogen-bond acceptors (Lipinski definition) is 4. The normalized spacial score (nSPS) is 19.3. The number of hydrogen-bond donors (Lipinski definition) is 2. The van der Waals surface area contributed by atoms with Gasteiger partial charge in [-0.3, -0.25) is 4.79 Å². The zero-order chi connectivity index (χ0) is 22.3. The van der Waals surface area contributed by atoms with Gasteiger partial charge in [-0.25, -0.2) is 4.79 Å². The minimum atomic E-state index is -1.08. The SMILES string of the molecule is CC1CCC(C(=O)N(c2cc3oc4c(CO)cccc4c3cc2C(=O)O)C(C)C)CC1. The summed E-state index contributed by atoms with van der Waals surface area (Å²) in [7, 11) is 0. The topological polar surface area (TPSA) is 91.0 Å². The average Bonchev–Trinajstić information content (AvgIpc) is 3.11. The van der Waals surface area contributed by atoms with Crippen molar-refractivity contribution in [1.82, 2.24) is 0 Å². The molecule has 0 saturated heterocycles. The van der Waals surface area contributed by atoms with E-state index in [0.29, 0.717) is 33.7 Å². The van der Waals surface area contributed by atoms with Crippen LogP contribution in [-0.4, -0.2) is 28.1 Å². The molecule has 0 atom stereocenters. The lowest BCUT2D eigenvalue weighted by Crippen LogP contribution is -2.42. The van der Waals surface area contributed by atoms with Gasteiger partial charge in [0.1, 0.15) is 11.2 Å². The smallest absolute Gasteiger partial charge is 0.337 e. The molecule has 1 aliphatic rings. The second-order valence-corrected chi connectivity index (χ2v) is 8.98. The summed E-state index contributed by atoms with van der Waals surface area (Å²) in [5.41, 5.74) is 2.13. The van der Waals surface area contributed by atoms with Crippen LogP contribution in [0.5, 0.6) is 0 Å². The average molecular weight is 424 g/mol. The Bertz CT molecular complexity index is 1140. The van der Waals surface area contributed by atoms with Crippen LogP contribution in [0.1, 0.15) is 62.4 Å². The van der Waals surface area contributed by atoms with E-state index in [2.05, 4.69) is 6.92 Å². The molecule has 0 bridgehead atoms. The van der Waals surface area contributed by atoms with Gasteiger partial charge >= 0.3 is 5.97 Å². The van der Waals surface area contributed by atoms with Crippen molar-refractivity contribution in [2.24, 2.45) is 11.8 Å². The van der Waals surface area contributed by atoms with Crippen molar-refractivity contribution >= 4 is 39.5 Å². The Morgan fingerprint density at radius 2 is 1.84 bits per heavy atom. The zero-order valence-corrected chi connectivity index (χ0v) is 18.2. The Labute approximate surface area is 181 Å². The number of para-hydroxylation sites is 1. The van der Waals surface area contributed by atoms with E-state index in [1.807, 2.05) is 26.0 Å². The number of aromatic carboxylic acids is 1. The third-order valence-electron chi connectivity index (χ3n) is 6.48. The van der Waals surface area contributed by atoms with E-state index in [4.69, 9.17) is 4.42 Å². The number of furan rings is 1. The molecule has 2 N–H and O–H groups in total. The van der Waals surface area contributed by atoms with Gasteiger partial charge in [-0.2, -0.15) is 0 Å². The fraction of sp³-hybridized carbons (Fsp3) is 0.440. The summed E-state index contributed by atoms with van der Waals surface area (Å²) in [6.07, 6.45) is 3.69. The third kappa shape index (κ3) is 3.81. The molecule has 0 spiro atoms. The number of rotatable bonds is 5. The molecule has 4 rings (SSSR count). The fourth-order valence-electron chi connectivity index (χ4n) is 4.74. The Hall–Kier alpha value is -2.86. The van der Waals surface area contributed by atoms with E-state index in [9.17, 15) is 19.8 Å². The number of carbonyl (C=O) groups excluding carboxylic acids is 1. The number of anilines is 1. The van der Waals surface area contributed by atoms with E-state index >= 15 is 0 Å². The van der Waals surface area contributed by atoms with E-state index in [0.717, 1.165) is 31.1 Å². The summed E-state index contributed by atoms with van der Waals surface area (Å²) in [6, 6.07) is 8.50. The highest BCUT2D eigenvalue weighted by Gasteiger charge is 2.33. The molecule has 1 aromatic heterocycles. The van der Waals surface area contributed by atoms with Gasteiger partial charge in [-0.15, -0.1) is 0 Å². The molecule has 6 nitrogen and oxygen atoms in total. The van der Waals surface area contributed by atoms with Crippen LogP contribution >= 0.6 is 0 Å². The molecule has 0 unspecified atom stereocenters. The number of carboxylic acids is 1. The van der Waals surface area contributed by atoms with Crippen molar-refractivity contribution in [3.63, 3.8) is 0 Å². The van der Waals surface area contributed by atoms with Crippen molar-refractivity contribution in [3.8, 4) is 0 Å². The summed E-state index contributed by atoms with van der Waals surface area (Å²) in [4.78, 5) is 27.3. The minimum absolute atomic E-state index is 0.0177. The Morgan fingerprint density at radius 3 is 2.45 bits per heavy atom. The van der Waals surface area contributed by atoms with E-state index < -0.39 is 5.97 Å². The first kappa shape index (κ1) is 21.4. The van der Waals surface area contributed by atoms with Crippen molar-refractivity contribution in [2.45, 2.75) is 59.1 Å². The molecule has 6 heteroatoms. The second kappa shape index (κ2) is 8.35. The molecule has 3 aromatic rings. The van der Waals surface area contributed by atoms with Crippen molar-refractivity contribution in [2.75, 3.05) is 4.90 Å². The molecule has 164 valence electrons. The lowest BCUT2D eigenvalue weighted by Gasteiger charge is -2.34. The van der Waals surface area contributed by atoms with Gasteiger partial charge in [0.15, 0.2) is 0 Å². The highest BCUT2D eigenvalue weighted by Crippen LogP contribution is 2.38. The summed E-state index contributed by atoms with van der Waals surface area (Å²) in [6.45, 7) is 5.84. The monoisotopic (exact) mass is 423 g/mol. The second-order valence-electron chi connectivity index (χ2n) is 8.98. The maximum atomic E-state index is 13.5. The molecular weight excluding hydrogens is 394 g/mol. The summed E-state index contributed by atoms with van der Waals surface area (Å²) in [5, 5.41) is 21.0. The van der Waals surface area contributed by atoms with Crippen LogP contribution in [0.4, 0.5) is 5.69 Å². The first-order chi connectivity index (χ1) is 14.8. The van der Waals surface area contributed by atoms with Gasteiger partial charge in [0.2, 0.25) is 5.91 Å². The first-order valence-electron chi connectivity index (χ1n) is 11.0. The molecule has 0 aliphatic heterocycles. The van der Waals surface area contributed by atoms with E-state index in [-0.39, 0.29) is 30.0 Å². The number of carboxylic acid groups (broad SMARTS) is 1. The summed E-state index contributed by atoms with van der Waals surface area (Å²) >= 11 is 0. The molecule has 2 aromatic carbocycles. The number of nitrogens with zero attached hydrogens (tertiary/aromatic N) is 1. The standard InChI is InChI=1S/C25H29NO5/c1-14(2)26(24(28)16-9-7-15(3)8-10-16)21-12-22-19(11-20(21)25(29)30)18-6-4-5-17(13-27)23(18)31-22/h4-6,11-12,14-16,27H,7-10,13H2,1-3H3,(H,29,30). The van der Waals surface area contributed by atoms with Gasteiger partial charge in [-0.1, -0.05) is 25.1 Å². The van der Waals surface area contributed by atoms with Crippen LogP contribution in [0, 0.1) is 11.8 Å². The molecule has 0 radical (unpaired) electrons. The number of carbonyl (C=O) groups is 2. The van der Waals surface area contributed by atoms with Crippen molar-refractivity contribution in [3.05, 3.63) is 41.5 Å². The minimum Gasteiger partial charge on any atom is -0.478 e. The Balaban J connectivity index is 1.87. The van der Waals surface area contributed by atoms with E-state index in [1.54, 1.807) is 23.1 Å². The van der Waals surface area contributed by atoms with Gasteiger partial charge in [0.05, 0.1) is 17.9 Å². The van der Waals surface area contributed by atoms with Crippen LogP contribution < -0.4 is 4.90 Å². The fourth-order valence-corrected chi connectivity index (χ4v) is 4.74. The molecule has 1 saturated carbocycles. The predicted octanol–water partition coefficient (Wildman–Crippen LogP) is 5.34. The molecule has 1 heterocycles. The molecular formula is C25H29NO5. The van der Waals surface area contributed by atoms with Crippen LogP contribution in [-0.2, 0) is 11.4 Å². The number of benzene rings is 2. The van der Waals surface area contributed by atoms with Gasteiger partial charge in [0.25, 0.3) is 0 Å². The molecule has 1 fully saturated rings. The summed E-state index contributed by atoms with van der Waals surface area (Å²) in [5.74, 6) is -0.567. The summed E-state index contributed by atoms with van der Waals surface area (Å²) < 4.78 is 6.03. The maximum Gasteiger partial charge on any atom is 0.337 e. The quantitative estimate of drug-likeness (QED) is 0.578. The van der Waals surface area contributed by atoms with Gasteiger partial charge < -0.3 is 19.5 Å². The van der Waals surface area contributed by atoms with Crippen LogP contribution in [0.3, 0.4) is 0 Å². The van der Waals surface area contributed by atoms with Crippen LogP contribution in [0.25, 0.3) is 21.9 Å². The van der Waals surface area contributed by atoms with Gasteiger partial charge in [0, 0.05) is 34.4 Å². The Morgan fingerprint density at radius 1 is 1.13 bits per heavy atom.